The van der Waals surface area contributed by atoms with E-state index in [1.54, 1.807) is 14.2 Å². The van der Waals surface area contributed by atoms with Gasteiger partial charge in [0.15, 0.2) is 0 Å². The van der Waals surface area contributed by atoms with Crippen LogP contribution >= 0.6 is 0 Å². The van der Waals surface area contributed by atoms with Crippen LogP contribution in [0.25, 0.3) is 0 Å². The molecule has 0 spiro atoms. The highest BCUT2D eigenvalue weighted by atomic mass is 28.4. The van der Waals surface area contributed by atoms with Gasteiger partial charge in [-0.2, -0.15) is 0 Å². The quantitative estimate of drug-likeness (QED) is 0.482. The average Bonchev–Trinajstić information content (AvgIpc) is 2.35. The highest BCUT2D eigenvalue weighted by Crippen LogP contribution is 2.24. The molecule has 0 aromatic heterocycles. The minimum atomic E-state index is -2.29. The summed E-state index contributed by atoms with van der Waals surface area (Å²) in [4.78, 5) is 0. The molecule has 0 bridgehead atoms. The van der Waals surface area contributed by atoms with E-state index >= 15 is 0 Å². The van der Waals surface area contributed by atoms with Gasteiger partial charge in [-0.05, 0) is 38.9 Å². The second-order valence-corrected chi connectivity index (χ2v) is 7.50. The third-order valence-corrected chi connectivity index (χ3v) is 6.44. The number of methoxy groups -OCH3 is 2. The first-order chi connectivity index (χ1) is 8.03. The highest BCUT2D eigenvalue weighted by Gasteiger charge is 2.38. The van der Waals surface area contributed by atoms with Gasteiger partial charge >= 0.3 is 8.56 Å². The van der Waals surface area contributed by atoms with Crippen molar-refractivity contribution in [1.29, 1.82) is 0 Å². The minimum Gasteiger partial charge on any atom is -0.368 e. The molecule has 104 valence electrons. The van der Waals surface area contributed by atoms with Gasteiger partial charge in [0.1, 0.15) is 12.6 Å². The number of hydrogen-bond donors (Lipinski definition) is 1. The predicted molar refractivity (Wildman–Crippen MR) is 69.8 cm³/mol. The van der Waals surface area contributed by atoms with Crippen LogP contribution in [0.15, 0.2) is 0 Å². The molecule has 0 rings (SSSR count). The maximum Gasteiger partial charge on any atom is 0.341 e. The lowest BCUT2D eigenvalue weighted by molar-refractivity contribution is -0.104. The van der Waals surface area contributed by atoms with Gasteiger partial charge < -0.3 is 24.1 Å². The van der Waals surface area contributed by atoms with E-state index in [4.69, 9.17) is 24.1 Å². The van der Waals surface area contributed by atoms with Gasteiger partial charge in [0.05, 0.1) is 0 Å². The molecule has 0 saturated heterocycles. The number of rotatable bonds is 10. The molecule has 0 amide bonds. The van der Waals surface area contributed by atoms with Gasteiger partial charge in [0, 0.05) is 14.2 Å². The fraction of sp³-hybridized carbons (Fsp3) is 1.00. The summed E-state index contributed by atoms with van der Waals surface area (Å²) < 4.78 is 22.3. The monoisotopic (exact) mass is 265 g/mol. The molecule has 0 aromatic rings. The van der Waals surface area contributed by atoms with Gasteiger partial charge in [0.2, 0.25) is 0 Å². The summed E-state index contributed by atoms with van der Waals surface area (Å²) in [6.45, 7) is 6.47. The third kappa shape index (κ3) is 6.49. The molecule has 0 aliphatic heterocycles. The zero-order valence-electron chi connectivity index (χ0n) is 11.7. The maximum atomic E-state index is 5.97. The van der Waals surface area contributed by atoms with Crippen LogP contribution in [0, 0.1) is 0 Å². The van der Waals surface area contributed by atoms with Gasteiger partial charge in [-0.3, -0.25) is 0 Å². The zero-order valence-corrected chi connectivity index (χ0v) is 12.7. The van der Waals surface area contributed by atoms with Crippen LogP contribution in [-0.4, -0.2) is 41.9 Å². The standard InChI is InChI=1S/C11H27NO4Si/c1-6-17(9-7-8-12,15-10(2)13-4)16-11(3)14-5/h10-11H,6-9,12H2,1-5H3. The fourth-order valence-corrected chi connectivity index (χ4v) is 4.68. The molecule has 0 heterocycles. The minimum absolute atomic E-state index is 0.261. The lowest BCUT2D eigenvalue weighted by Crippen LogP contribution is -2.47. The Hall–Kier alpha value is 0.0169. The van der Waals surface area contributed by atoms with E-state index in [0.29, 0.717) is 6.54 Å². The molecule has 6 heteroatoms. The van der Waals surface area contributed by atoms with E-state index in [-0.39, 0.29) is 12.6 Å². The van der Waals surface area contributed by atoms with E-state index in [0.717, 1.165) is 18.5 Å². The van der Waals surface area contributed by atoms with Crippen LogP contribution in [-0.2, 0) is 18.3 Å². The van der Waals surface area contributed by atoms with E-state index in [1.165, 1.54) is 0 Å². The van der Waals surface area contributed by atoms with Crippen molar-refractivity contribution in [2.24, 2.45) is 5.73 Å². The van der Waals surface area contributed by atoms with Crippen molar-refractivity contribution >= 4 is 8.56 Å². The van der Waals surface area contributed by atoms with Gasteiger partial charge in [0.25, 0.3) is 0 Å². The SMILES string of the molecule is CC[Si](CCCN)(OC(C)OC)OC(C)OC. The van der Waals surface area contributed by atoms with E-state index in [1.807, 2.05) is 13.8 Å². The molecule has 2 unspecified atom stereocenters. The van der Waals surface area contributed by atoms with Crippen molar-refractivity contribution in [1.82, 2.24) is 0 Å². The lowest BCUT2D eigenvalue weighted by Gasteiger charge is -2.34. The number of hydrogen-bond acceptors (Lipinski definition) is 5. The molecule has 5 nitrogen and oxygen atoms in total. The summed E-state index contributed by atoms with van der Waals surface area (Å²) in [5, 5.41) is 0. The van der Waals surface area contributed by atoms with Gasteiger partial charge in [-0.1, -0.05) is 6.92 Å². The molecular weight excluding hydrogens is 238 g/mol. The molecule has 0 aromatic carbocycles. The normalized spacial score (nSPS) is 18.7. The molecule has 0 aliphatic carbocycles. The third-order valence-electron chi connectivity index (χ3n) is 2.73. The number of ether oxygens (including phenoxy) is 2. The molecule has 0 aliphatic rings. The van der Waals surface area contributed by atoms with E-state index < -0.39 is 8.56 Å². The van der Waals surface area contributed by atoms with Crippen molar-refractivity contribution < 1.29 is 18.3 Å². The van der Waals surface area contributed by atoms with Gasteiger partial charge in [-0.15, -0.1) is 0 Å². The lowest BCUT2D eigenvalue weighted by atomic mass is 10.5. The Morgan fingerprint density at radius 3 is 1.82 bits per heavy atom. The van der Waals surface area contributed by atoms with Crippen LogP contribution in [0.1, 0.15) is 27.2 Å². The van der Waals surface area contributed by atoms with Crippen LogP contribution in [0.2, 0.25) is 12.1 Å². The smallest absolute Gasteiger partial charge is 0.341 e. The van der Waals surface area contributed by atoms with Crippen molar-refractivity contribution in [2.75, 3.05) is 20.8 Å². The van der Waals surface area contributed by atoms with E-state index in [9.17, 15) is 0 Å². The second-order valence-electron chi connectivity index (χ2n) is 4.00. The zero-order chi connectivity index (χ0) is 13.3. The van der Waals surface area contributed by atoms with Crippen LogP contribution in [0.4, 0.5) is 0 Å². The van der Waals surface area contributed by atoms with Gasteiger partial charge in [-0.25, -0.2) is 0 Å². The Balaban J connectivity index is 4.60. The molecular formula is C11H27NO4Si. The fourth-order valence-electron chi connectivity index (χ4n) is 1.56. The Bertz CT molecular complexity index is 182. The van der Waals surface area contributed by atoms with Crippen molar-refractivity contribution in [2.45, 2.75) is 51.9 Å². The molecule has 2 atom stereocenters. The Morgan fingerprint density at radius 2 is 1.53 bits per heavy atom. The van der Waals surface area contributed by atoms with Crippen LogP contribution < -0.4 is 5.73 Å². The maximum absolute atomic E-state index is 5.97. The predicted octanol–water partition coefficient (Wildman–Crippen LogP) is 1.82. The summed E-state index contributed by atoms with van der Waals surface area (Å²) in [5.41, 5.74) is 5.57. The van der Waals surface area contributed by atoms with Crippen molar-refractivity contribution in [3.8, 4) is 0 Å². The topological polar surface area (TPSA) is 62.9 Å². The number of nitrogens with two attached hydrogens (primary N) is 1. The first kappa shape index (κ1) is 17.0. The van der Waals surface area contributed by atoms with Crippen LogP contribution in [0.3, 0.4) is 0 Å². The summed E-state index contributed by atoms with van der Waals surface area (Å²) in [6, 6.07) is 1.72. The Labute approximate surface area is 106 Å². The molecule has 0 saturated carbocycles. The Kier molecular flexibility index (Phi) is 9.02. The van der Waals surface area contributed by atoms with Crippen molar-refractivity contribution in [3.05, 3.63) is 0 Å². The molecule has 0 fully saturated rings. The second kappa shape index (κ2) is 9.01. The molecule has 17 heavy (non-hydrogen) atoms. The van der Waals surface area contributed by atoms with E-state index in [2.05, 4.69) is 6.92 Å². The summed E-state index contributed by atoms with van der Waals surface area (Å²) in [5.74, 6) is 0. The average molecular weight is 265 g/mol. The summed E-state index contributed by atoms with van der Waals surface area (Å²) in [7, 11) is 0.966. The first-order valence-corrected chi connectivity index (χ1v) is 8.38. The van der Waals surface area contributed by atoms with Crippen molar-refractivity contribution in [3.63, 3.8) is 0 Å². The summed E-state index contributed by atoms with van der Waals surface area (Å²) in [6.07, 6.45) is 0.374. The molecule has 0 radical (unpaired) electrons. The largest absolute Gasteiger partial charge is 0.368 e. The Morgan fingerprint density at radius 1 is 1.06 bits per heavy atom. The molecule has 2 N–H and O–H groups in total. The highest BCUT2D eigenvalue weighted by molar-refractivity contribution is 6.67. The van der Waals surface area contributed by atoms with Crippen LogP contribution in [0.5, 0.6) is 0 Å². The first-order valence-electron chi connectivity index (χ1n) is 6.14. The summed E-state index contributed by atoms with van der Waals surface area (Å²) >= 11 is 0.